The number of hydrogen-bond donors (Lipinski definition) is 0. The molecule has 0 aliphatic carbocycles. The van der Waals surface area contributed by atoms with Gasteiger partial charge in [0.2, 0.25) is 0 Å². The number of anilines is 3. The van der Waals surface area contributed by atoms with Crippen LogP contribution in [0.5, 0.6) is 0 Å². The van der Waals surface area contributed by atoms with Crippen LogP contribution >= 0.6 is 0 Å². The molecule has 0 saturated heterocycles. The van der Waals surface area contributed by atoms with Crippen molar-refractivity contribution in [1.29, 1.82) is 0 Å². The summed E-state index contributed by atoms with van der Waals surface area (Å²) in [6, 6.07) is 92.6. The summed E-state index contributed by atoms with van der Waals surface area (Å²) < 4.78 is 2.38. The molecule has 0 fully saturated rings. The Balaban J connectivity index is 0.952. The van der Waals surface area contributed by atoms with E-state index >= 15 is 0 Å². The van der Waals surface area contributed by atoms with Crippen molar-refractivity contribution < 1.29 is 0 Å². The molecule has 11 aromatic carbocycles. The molecule has 0 aliphatic rings. The predicted molar refractivity (Wildman–Crippen MR) is 272 cm³/mol. The number of rotatable bonds is 8. The highest BCUT2D eigenvalue weighted by molar-refractivity contribution is 6.10. The van der Waals surface area contributed by atoms with Crippen LogP contribution in [0, 0.1) is 0 Å². The second-order valence-electron chi connectivity index (χ2n) is 16.5. The molecule has 0 aliphatic heterocycles. The zero-order chi connectivity index (χ0) is 42.4. The van der Waals surface area contributed by atoms with Gasteiger partial charge in [0.25, 0.3) is 0 Å². The highest BCUT2D eigenvalue weighted by Crippen LogP contribution is 2.43. The molecular formula is C62H42N2. The fraction of sp³-hybridized carbons (Fsp3) is 0. The summed E-state index contributed by atoms with van der Waals surface area (Å²) in [7, 11) is 0. The summed E-state index contributed by atoms with van der Waals surface area (Å²) in [6.07, 6.45) is 0. The van der Waals surface area contributed by atoms with E-state index in [1.807, 2.05) is 0 Å². The summed E-state index contributed by atoms with van der Waals surface area (Å²) in [5, 5.41) is 7.44. The van der Waals surface area contributed by atoms with Crippen molar-refractivity contribution in [3.8, 4) is 50.2 Å². The molecule has 0 bridgehead atoms. The van der Waals surface area contributed by atoms with Crippen LogP contribution in [-0.2, 0) is 0 Å². The van der Waals surface area contributed by atoms with Crippen LogP contribution in [0.15, 0.2) is 255 Å². The van der Waals surface area contributed by atoms with Gasteiger partial charge in [-0.1, -0.05) is 200 Å². The fourth-order valence-corrected chi connectivity index (χ4v) is 9.70. The van der Waals surface area contributed by atoms with Gasteiger partial charge in [0, 0.05) is 33.2 Å². The minimum Gasteiger partial charge on any atom is -0.310 e. The van der Waals surface area contributed by atoms with Crippen molar-refractivity contribution >= 4 is 60.4 Å². The third kappa shape index (κ3) is 6.52. The van der Waals surface area contributed by atoms with Gasteiger partial charge < -0.3 is 9.47 Å². The van der Waals surface area contributed by atoms with E-state index in [1.165, 1.54) is 87.9 Å². The van der Waals surface area contributed by atoms with Gasteiger partial charge >= 0.3 is 0 Å². The van der Waals surface area contributed by atoms with Crippen molar-refractivity contribution in [3.05, 3.63) is 255 Å². The van der Waals surface area contributed by atoms with E-state index in [9.17, 15) is 0 Å². The third-order valence-electron chi connectivity index (χ3n) is 12.8. The van der Waals surface area contributed by atoms with E-state index in [2.05, 4.69) is 264 Å². The van der Waals surface area contributed by atoms with Gasteiger partial charge in [-0.25, -0.2) is 0 Å². The number of aromatic nitrogens is 1. The van der Waals surface area contributed by atoms with Crippen molar-refractivity contribution in [2.75, 3.05) is 4.90 Å². The Morgan fingerprint density at radius 3 is 1.28 bits per heavy atom. The number of benzene rings is 11. The molecule has 1 heterocycles. The van der Waals surface area contributed by atoms with Gasteiger partial charge in [0.1, 0.15) is 0 Å². The molecule has 0 N–H and O–H groups in total. The van der Waals surface area contributed by atoms with Gasteiger partial charge in [-0.3, -0.25) is 0 Å². The zero-order valence-corrected chi connectivity index (χ0v) is 35.1. The van der Waals surface area contributed by atoms with Crippen LogP contribution in [0.2, 0.25) is 0 Å². The average Bonchev–Trinajstić information content (AvgIpc) is 3.71. The molecule has 0 atom stereocenters. The molecule has 64 heavy (non-hydrogen) atoms. The number of hydrogen-bond acceptors (Lipinski definition) is 1. The summed E-state index contributed by atoms with van der Waals surface area (Å²) >= 11 is 0. The Kier molecular flexibility index (Phi) is 9.20. The van der Waals surface area contributed by atoms with Crippen LogP contribution in [-0.4, -0.2) is 4.57 Å². The highest BCUT2D eigenvalue weighted by Gasteiger charge is 2.19. The zero-order valence-electron chi connectivity index (χ0n) is 35.1. The van der Waals surface area contributed by atoms with Crippen LogP contribution in [0.25, 0.3) is 93.5 Å². The minimum absolute atomic E-state index is 1.09. The van der Waals surface area contributed by atoms with Crippen LogP contribution in [0.4, 0.5) is 17.1 Å². The number of nitrogens with zero attached hydrogens (tertiary/aromatic N) is 2. The summed E-state index contributed by atoms with van der Waals surface area (Å²) in [4.78, 5) is 2.41. The second kappa shape index (κ2) is 15.8. The quantitative estimate of drug-likeness (QED) is 0.148. The number of fused-ring (bicyclic) bond motifs is 5. The van der Waals surface area contributed by atoms with E-state index < -0.39 is 0 Å². The van der Waals surface area contributed by atoms with Crippen LogP contribution in [0.1, 0.15) is 0 Å². The van der Waals surface area contributed by atoms with Gasteiger partial charge in [-0.05, 0) is 115 Å². The van der Waals surface area contributed by atoms with Crippen LogP contribution in [0.3, 0.4) is 0 Å². The Bertz CT molecular complexity index is 3560. The van der Waals surface area contributed by atoms with E-state index in [4.69, 9.17) is 0 Å². The van der Waals surface area contributed by atoms with Crippen LogP contribution < -0.4 is 4.90 Å². The monoisotopic (exact) mass is 814 g/mol. The van der Waals surface area contributed by atoms with Crippen molar-refractivity contribution in [2.24, 2.45) is 0 Å². The topological polar surface area (TPSA) is 8.17 Å². The molecule has 12 rings (SSSR count). The summed E-state index contributed by atoms with van der Waals surface area (Å²) in [5.74, 6) is 0. The third-order valence-corrected chi connectivity index (χ3v) is 12.8. The first-order valence-electron chi connectivity index (χ1n) is 22.0. The van der Waals surface area contributed by atoms with Crippen molar-refractivity contribution in [3.63, 3.8) is 0 Å². The molecule has 12 aromatic rings. The standard InChI is InChI=1S/C62H42N2/c1-2-13-43(14-3-1)44-25-31-49(32-26-44)55-41-42-62(57-19-7-6-18-56(55)57)63(51-37-39-52(40-38-51)64-60-23-10-8-20-58(60)59-21-9-11-24-61(59)64)50-35-33-46(34-36-50)45-27-29-48(30-28-45)54-22-12-16-47-15-4-5-17-53(47)54/h1-42H. The van der Waals surface area contributed by atoms with Gasteiger partial charge in [0.05, 0.1) is 16.7 Å². The highest BCUT2D eigenvalue weighted by atomic mass is 15.1. The summed E-state index contributed by atoms with van der Waals surface area (Å²) in [5.41, 5.74) is 16.5. The van der Waals surface area contributed by atoms with E-state index in [1.54, 1.807) is 0 Å². The Labute approximate surface area is 373 Å². The first-order valence-corrected chi connectivity index (χ1v) is 22.0. The van der Waals surface area contributed by atoms with Gasteiger partial charge in [0.15, 0.2) is 0 Å². The second-order valence-corrected chi connectivity index (χ2v) is 16.5. The van der Waals surface area contributed by atoms with E-state index in [0.717, 1.165) is 22.7 Å². The maximum absolute atomic E-state index is 2.41. The molecule has 2 heteroatoms. The first-order chi connectivity index (χ1) is 31.7. The largest absolute Gasteiger partial charge is 0.310 e. The SMILES string of the molecule is c1ccc(-c2ccc(-c3ccc(N(c4ccc(-c5ccc(-c6cccc7ccccc67)cc5)cc4)c4ccc(-n5c6ccccc6c6ccccc65)cc4)c4ccccc34)cc2)cc1. The molecule has 0 radical (unpaired) electrons. The van der Waals surface area contributed by atoms with E-state index in [-0.39, 0.29) is 0 Å². The maximum atomic E-state index is 2.41. The van der Waals surface area contributed by atoms with Gasteiger partial charge in [-0.15, -0.1) is 0 Å². The minimum atomic E-state index is 1.09. The predicted octanol–water partition coefficient (Wildman–Crippen LogP) is 17.2. The molecule has 0 unspecified atom stereocenters. The Morgan fingerprint density at radius 2 is 0.672 bits per heavy atom. The Morgan fingerprint density at radius 1 is 0.250 bits per heavy atom. The first kappa shape index (κ1) is 37.3. The number of para-hydroxylation sites is 2. The lowest BCUT2D eigenvalue weighted by molar-refractivity contribution is 1.17. The maximum Gasteiger partial charge on any atom is 0.0541 e. The molecule has 300 valence electrons. The molecule has 2 nitrogen and oxygen atoms in total. The van der Waals surface area contributed by atoms with Gasteiger partial charge in [-0.2, -0.15) is 0 Å². The molecule has 0 spiro atoms. The normalized spacial score (nSPS) is 11.4. The molecule has 0 amide bonds. The molecule has 0 saturated carbocycles. The lowest BCUT2D eigenvalue weighted by Crippen LogP contribution is -2.11. The van der Waals surface area contributed by atoms with E-state index in [0.29, 0.717) is 0 Å². The fourth-order valence-electron chi connectivity index (χ4n) is 9.70. The molecule has 1 aromatic heterocycles. The van der Waals surface area contributed by atoms with Crippen molar-refractivity contribution in [2.45, 2.75) is 0 Å². The average molecular weight is 815 g/mol. The Hall–Kier alpha value is -8.46. The lowest BCUT2D eigenvalue weighted by atomic mass is 9.94. The summed E-state index contributed by atoms with van der Waals surface area (Å²) in [6.45, 7) is 0. The molecular weight excluding hydrogens is 773 g/mol. The lowest BCUT2D eigenvalue weighted by Gasteiger charge is -2.28. The smallest absolute Gasteiger partial charge is 0.0541 e. The van der Waals surface area contributed by atoms with Crippen molar-refractivity contribution in [1.82, 2.24) is 4.57 Å².